The highest BCUT2D eigenvalue weighted by atomic mass is 19.1. The van der Waals surface area contributed by atoms with Crippen molar-refractivity contribution in [1.82, 2.24) is 9.88 Å². The van der Waals surface area contributed by atoms with Gasteiger partial charge in [-0.05, 0) is 43.2 Å². The van der Waals surface area contributed by atoms with E-state index in [0.717, 1.165) is 33.3 Å². The smallest absolute Gasteiger partial charge is 0.253 e. The minimum absolute atomic E-state index is 0.0936. The summed E-state index contributed by atoms with van der Waals surface area (Å²) in [6.45, 7) is 3.87. The van der Waals surface area contributed by atoms with Crippen molar-refractivity contribution in [3.8, 4) is 0 Å². The van der Waals surface area contributed by atoms with Crippen molar-refractivity contribution >= 4 is 28.3 Å². The van der Waals surface area contributed by atoms with Crippen LogP contribution in [0.4, 0.5) is 10.1 Å². The second-order valence-corrected chi connectivity index (χ2v) is 7.60. The van der Waals surface area contributed by atoms with Gasteiger partial charge in [0.15, 0.2) is 0 Å². The molecule has 0 saturated heterocycles. The number of benzene rings is 2. The number of carbonyl (C=O) groups excluding carboxylic acids is 2. The quantitative estimate of drug-likeness (QED) is 0.702. The molecule has 0 fully saturated rings. The van der Waals surface area contributed by atoms with E-state index >= 15 is 0 Å². The van der Waals surface area contributed by atoms with Crippen LogP contribution in [0.2, 0.25) is 0 Å². The number of hydrogen-bond donors (Lipinski definition) is 1. The molecular formula is C24H22FN3O2. The number of pyridine rings is 1. The van der Waals surface area contributed by atoms with Crippen LogP contribution in [0, 0.1) is 19.7 Å². The van der Waals surface area contributed by atoms with Crippen molar-refractivity contribution in [2.75, 3.05) is 12.4 Å². The number of halogens is 1. The molecule has 4 rings (SSSR count). The molecule has 0 radical (unpaired) electrons. The van der Waals surface area contributed by atoms with E-state index in [0.29, 0.717) is 5.57 Å². The van der Waals surface area contributed by atoms with Crippen LogP contribution in [-0.4, -0.2) is 28.7 Å². The number of hydrogen-bond acceptors (Lipinski definition) is 3. The van der Waals surface area contributed by atoms with Gasteiger partial charge in [-0.1, -0.05) is 24.3 Å². The average molecular weight is 403 g/mol. The Kier molecular flexibility index (Phi) is 5.08. The maximum atomic E-state index is 13.4. The highest BCUT2D eigenvalue weighted by molar-refractivity contribution is 6.11. The Balaban J connectivity index is 1.74. The predicted molar refractivity (Wildman–Crippen MR) is 114 cm³/mol. The van der Waals surface area contributed by atoms with Gasteiger partial charge < -0.3 is 10.2 Å². The second kappa shape index (κ2) is 7.71. The lowest BCUT2D eigenvalue weighted by molar-refractivity contribution is -0.128. The van der Waals surface area contributed by atoms with Gasteiger partial charge in [0, 0.05) is 53.8 Å². The molecule has 2 amide bonds. The Hall–Kier alpha value is -3.54. The molecule has 0 bridgehead atoms. The molecule has 2 heterocycles. The number of anilines is 1. The molecule has 0 saturated carbocycles. The molecule has 6 heteroatoms. The molecule has 30 heavy (non-hydrogen) atoms. The zero-order valence-corrected chi connectivity index (χ0v) is 17.1. The zero-order chi connectivity index (χ0) is 21.4. The molecular weight excluding hydrogens is 381 g/mol. The van der Waals surface area contributed by atoms with Gasteiger partial charge in [0.05, 0.1) is 5.69 Å². The first-order valence-electron chi connectivity index (χ1n) is 9.74. The normalized spacial score (nSPS) is 16.5. The number of amides is 2. The van der Waals surface area contributed by atoms with Crippen LogP contribution >= 0.6 is 0 Å². The maximum Gasteiger partial charge on any atom is 0.253 e. The van der Waals surface area contributed by atoms with Crippen molar-refractivity contribution in [3.05, 3.63) is 83.1 Å². The lowest BCUT2D eigenvalue weighted by Gasteiger charge is -2.28. The molecule has 2 aromatic carbocycles. The summed E-state index contributed by atoms with van der Waals surface area (Å²) in [5.41, 5.74) is 3.73. The molecule has 152 valence electrons. The van der Waals surface area contributed by atoms with E-state index < -0.39 is 5.92 Å². The van der Waals surface area contributed by atoms with Crippen LogP contribution in [-0.2, 0) is 9.59 Å². The largest absolute Gasteiger partial charge is 0.322 e. The maximum absolute atomic E-state index is 13.4. The molecule has 1 aliphatic rings. The summed E-state index contributed by atoms with van der Waals surface area (Å²) in [6, 6.07) is 11.8. The van der Waals surface area contributed by atoms with E-state index in [2.05, 4.69) is 10.3 Å². The molecule has 5 nitrogen and oxygen atoms in total. The van der Waals surface area contributed by atoms with Gasteiger partial charge >= 0.3 is 0 Å². The third-order valence-corrected chi connectivity index (χ3v) is 5.61. The summed E-state index contributed by atoms with van der Waals surface area (Å²) in [7, 11) is 1.63. The van der Waals surface area contributed by atoms with Crippen molar-refractivity contribution in [1.29, 1.82) is 0 Å². The van der Waals surface area contributed by atoms with Crippen LogP contribution in [0.1, 0.15) is 29.2 Å². The average Bonchev–Trinajstić information content (AvgIpc) is 2.72. The Morgan fingerprint density at radius 1 is 1.10 bits per heavy atom. The molecule has 0 spiro atoms. The third kappa shape index (κ3) is 3.56. The fourth-order valence-electron chi connectivity index (χ4n) is 3.87. The van der Waals surface area contributed by atoms with Crippen molar-refractivity contribution in [3.63, 3.8) is 0 Å². The predicted octanol–water partition coefficient (Wildman–Crippen LogP) is 4.46. The summed E-state index contributed by atoms with van der Waals surface area (Å²) in [4.78, 5) is 31.4. The van der Waals surface area contributed by atoms with Crippen LogP contribution in [0.3, 0.4) is 0 Å². The standard InChI is InChI=1S/C24H22FN3O2/c1-14-4-9-18-15(2)26-11-10-19(18)23(14)27-24(30)21-13-28(3)22(29)12-20(21)16-5-7-17(25)8-6-16/h4-11,13,20H,12H2,1-3H3,(H,27,30)/t20-/m0/s1. The van der Waals surface area contributed by atoms with Gasteiger partial charge in [-0.15, -0.1) is 0 Å². The van der Waals surface area contributed by atoms with Crippen LogP contribution in [0.5, 0.6) is 0 Å². The summed E-state index contributed by atoms with van der Waals surface area (Å²) < 4.78 is 13.4. The molecule has 1 atom stereocenters. The SMILES string of the molecule is Cc1ccc2c(C)nccc2c1NC(=O)C1=CN(C)C(=O)C[C@H]1c1ccc(F)cc1. The van der Waals surface area contributed by atoms with Gasteiger partial charge in [-0.25, -0.2) is 4.39 Å². The number of aromatic nitrogens is 1. The Labute approximate surface area is 174 Å². The monoisotopic (exact) mass is 403 g/mol. The van der Waals surface area contributed by atoms with Gasteiger partial charge in [0.1, 0.15) is 5.82 Å². The summed E-state index contributed by atoms with van der Waals surface area (Å²) in [5.74, 6) is -1.17. The number of fused-ring (bicyclic) bond motifs is 1. The van der Waals surface area contributed by atoms with Crippen LogP contribution < -0.4 is 5.32 Å². The third-order valence-electron chi connectivity index (χ3n) is 5.61. The molecule has 3 aromatic rings. The van der Waals surface area contributed by atoms with E-state index in [9.17, 15) is 14.0 Å². The molecule has 1 aromatic heterocycles. The Morgan fingerprint density at radius 3 is 2.57 bits per heavy atom. The lowest BCUT2D eigenvalue weighted by atomic mass is 9.85. The number of nitrogens with zero attached hydrogens (tertiary/aromatic N) is 2. The topological polar surface area (TPSA) is 62.3 Å². The number of rotatable bonds is 3. The molecule has 0 unspecified atom stereocenters. The van der Waals surface area contributed by atoms with Crippen molar-refractivity contribution in [2.45, 2.75) is 26.2 Å². The van der Waals surface area contributed by atoms with E-state index in [-0.39, 0.29) is 24.1 Å². The summed E-state index contributed by atoms with van der Waals surface area (Å²) in [5, 5.41) is 4.93. The van der Waals surface area contributed by atoms with Crippen molar-refractivity contribution < 1.29 is 14.0 Å². The molecule has 0 aliphatic carbocycles. The number of aryl methyl sites for hydroxylation is 2. The first kappa shape index (κ1) is 19.8. The van der Waals surface area contributed by atoms with Crippen LogP contribution in [0.15, 0.2) is 60.4 Å². The highest BCUT2D eigenvalue weighted by Crippen LogP contribution is 2.35. The van der Waals surface area contributed by atoms with E-state index in [1.165, 1.54) is 17.0 Å². The molecule has 1 N–H and O–H groups in total. The minimum atomic E-state index is -0.437. The summed E-state index contributed by atoms with van der Waals surface area (Å²) in [6.07, 6.45) is 3.45. The van der Waals surface area contributed by atoms with Crippen molar-refractivity contribution in [2.24, 2.45) is 0 Å². The minimum Gasteiger partial charge on any atom is -0.322 e. The lowest BCUT2D eigenvalue weighted by Crippen LogP contribution is -2.33. The van der Waals surface area contributed by atoms with Gasteiger partial charge in [0.2, 0.25) is 5.91 Å². The molecule has 1 aliphatic heterocycles. The number of carbonyl (C=O) groups is 2. The van der Waals surface area contributed by atoms with Crippen LogP contribution in [0.25, 0.3) is 10.8 Å². The first-order valence-corrected chi connectivity index (χ1v) is 9.74. The van der Waals surface area contributed by atoms with Gasteiger partial charge in [0.25, 0.3) is 5.91 Å². The highest BCUT2D eigenvalue weighted by Gasteiger charge is 2.31. The van der Waals surface area contributed by atoms with Gasteiger partial charge in [-0.2, -0.15) is 0 Å². The zero-order valence-electron chi connectivity index (χ0n) is 17.1. The fraction of sp³-hybridized carbons (Fsp3) is 0.208. The Bertz CT molecular complexity index is 1190. The van der Waals surface area contributed by atoms with E-state index in [1.54, 1.807) is 31.6 Å². The van der Waals surface area contributed by atoms with E-state index in [1.807, 2.05) is 32.0 Å². The second-order valence-electron chi connectivity index (χ2n) is 7.60. The van der Waals surface area contributed by atoms with Gasteiger partial charge in [-0.3, -0.25) is 14.6 Å². The summed E-state index contributed by atoms with van der Waals surface area (Å²) >= 11 is 0. The van der Waals surface area contributed by atoms with E-state index in [4.69, 9.17) is 0 Å². The first-order chi connectivity index (χ1) is 14.3. The fourth-order valence-corrected chi connectivity index (χ4v) is 3.87. The number of nitrogens with one attached hydrogen (secondary N) is 1. The Morgan fingerprint density at radius 2 is 1.83 bits per heavy atom.